The van der Waals surface area contributed by atoms with Gasteiger partial charge in [-0.1, -0.05) is 25.2 Å². The molecule has 1 heterocycles. The molecule has 80 valence electrons. The van der Waals surface area contributed by atoms with Gasteiger partial charge in [0, 0.05) is 0 Å². The van der Waals surface area contributed by atoms with Gasteiger partial charge >= 0.3 is 0 Å². The number of aliphatic hydroxyl groups is 1. The van der Waals surface area contributed by atoms with E-state index in [2.05, 4.69) is 18.3 Å². The van der Waals surface area contributed by atoms with Crippen LogP contribution in [0.3, 0.4) is 0 Å². The normalized spacial score (nSPS) is 22.9. The van der Waals surface area contributed by atoms with E-state index in [1.807, 2.05) is 19.1 Å². The molecule has 0 radical (unpaired) electrons. The van der Waals surface area contributed by atoms with Crippen molar-refractivity contribution >= 4 is 0 Å². The summed E-state index contributed by atoms with van der Waals surface area (Å²) in [6, 6.07) is 0. The Bertz CT molecular complexity index is 224. The van der Waals surface area contributed by atoms with Crippen LogP contribution in [0.15, 0.2) is 23.8 Å². The van der Waals surface area contributed by atoms with Crippen molar-refractivity contribution in [3.05, 3.63) is 23.8 Å². The molecule has 0 aromatic heterocycles. The number of allylic oxidation sites excluding steroid dienone is 2. The van der Waals surface area contributed by atoms with Crippen LogP contribution in [-0.4, -0.2) is 23.8 Å². The van der Waals surface area contributed by atoms with Gasteiger partial charge in [-0.05, 0) is 44.8 Å². The Morgan fingerprint density at radius 2 is 2.07 bits per heavy atom. The average molecular weight is 195 g/mol. The first-order chi connectivity index (χ1) is 6.73. The number of rotatable bonds is 3. The molecule has 1 aliphatic rings. The zero-order valence-corrected chi connectivity index (χ0v) is 9.21. The summed E-state index contributed by atoms with van der Waals surface area (Å²) in [5.41, 5.74) is 0.498. The lowest BCUT2D eigenvalue weighted by molar-refractivity contribution is 0.0494. The summed E-state index contributed by atoms with van der Waals surface area (Å²) in [7, 11) is 0. The molecule has 2 N–H and O–H groups in total. The van der Waals surface area contributed by atoms with Gasteiger partial charge in [-0.2, -0.15) is 0 Å². The van der Waals surface area contributed by atoms with Gasteiger partial charge in [-0.3, -0.25) is 0 Å². The minimum absolute atomic E-state index is 0.590. The van der Waals surface area contributed by atoms with Crippen LogP contribution in [-0.2, 0) is 0 Å². The molecule has 0 spiro atoms. The van der Waals surface area contributed by atoms with Crippen LogP contribution in [0, 0.1) is 0 Å². The number of nitrogens with one attached hydrogen (secondary N) is 1. The van der Waals surface area contributed by atoms with Crippen LogP contribution in [0.5, 0.6) is 0 Å². The van der Waals surface area contributed by atoms with Crippen molar-refractivity contribution in [1.82, 2.24) is 5.32 Å². The van der Waals surface area contributed by atoms with E-state index in [1.165, 1.54) is 0 Å². The molecule has 1 fully saturated rings. The van der Waals surface area contributed by atoms with Crippen LogP contribution in [0.25, 0.3) is 0 Å². The molecule has 0 bridgehead atoms. The number of piperidine rings is 1. The number of hydrogen-bond acceptors (Lipinski definition) is 2. The molecule has 0 atom stereocenters. The van der Waals surface area contributed by atoms with Gasteiger partial charge in [-0.15, -0.1) is 0 Å². The maximum Gasteiger partial charge on any atom is 0.0917 e. The van der Waals surface area contributed by atoms with Gasteiger partial charge in [0.15, 0.2) is 0 Å². The van der Waals surface area contributed by atoms with Crippen molar-refractivity contribution in [2.75, 3.05) is 13.1 Å². The highest BCUT2D eigenvalue weighted by atomic mass is 16.3. The Kier molecular flexibility index (Phi) is 4.36. The van der Waals surface area contributed by atoms with Crippen LogP contribution in [0.1, 0.15) is 33.1 Å². The first kappa shape index (κ1) is 11.5. The van der Waals surface area contributed by atoms with E-state index >= 15 is 0 Å². The highest BCUT2D eigenvalue weighted by Gasteiger charge is 2.31. The molecule has 2 heteroatoms. The van der Waals surface area contributed by atoms with Crippen LogP contribution < -0.4 is 5.32 Å². The molecule has 0 aliphatic carbocycles. The fourth-order valence-corrected chi connectivity index (χ4v) is 1.94. The Hall–Kier alpha value is -0.600. The van der Waals surface area contributed by atoms with Crippen molar-refractivity contribution in [2.45, 2.75) is 38.7 Å². The molecule has 1 saturated heterocycles. The van der Waals surface area contributed by atoms with E-state index in [0.29, 0.717) is 0 Å². The van der Waals surface area contributed by atoms with Crippen molar-refractivity contribution in [1.29, 1.82) is 0 Å². The predicted molar refractivity (Wildman–Crippen MR) is 60.2 cm³/mol. The Morgan fingerprint density at radius 3 is 2.57 bits per heavy atom. The third-order valence-corrected chi connectivity index (χ3v) is 2.74. The van der Waals surface area contributed by atoms with E-state index in [-0.39, 0.29) is 0 Å². The topological polar surface area (TPSA) is 32.3 Å². The fraction of sp³-hybridized carbons (Fsp3) is 0.667. The molecule has 0 aromatic rings. The second-order valence-electron chi connectivity index (χ2n) is 3.85. The predicted octanol–water partition coefficient (Wildman–Crippen LogP) is 2.01. The van der Waals surface area contributed by atoms with E-state index in [1.54, 1.807) is 0 Å². The monoisotopic (exact) mass is 195 g/mol. The number of hydrogen-bond donors (Lipinski definition) is 2. The quantitative estimate of drug-likeness (QED) is 0.675. The van der Waals surface area contributed by atoms with Gasteiger partial charge in [0.05, 0.1) is 5.60 Å². The molecule has 14 heavy (non-hydrogen) atoms. The Balaban J connectivity index is 2.79. The van der Waals surface area contributed by atoms with Gasteiger partial charge in [-0.25, -0.2) is 0 Å². The molecule has 0 unspecified atom stereocenters. The summed E-state index contributed by atoms with van der Waals surface area (Å²) >= 11 is 0. The smallest absolute Gasteiger partial charge is 0.0917 e. The first-order valence-corrected chi connectivity index (χ1v) is 5.49. The van der Waals surface area contributed by atoms with Crippen molar-refractivity contribution < 1.29 is 5.11 Å². The average Bonchev–Trinajstić information content (AvgIpc) is 2.19. The lowest BCUT2D eigenvalue weighted by atomic mass is 9.84. The second-order valence-corrected chi connectivity index (χ2v) is 3.85. The largest absolute Gasteiger partial charge is 0.385 e. The molecule has 2 nitrogen and oxygen atoms in total. The molecular weight excluding hydrogens is 174 g/mol. The highest BCUT2D eigenvalue weighted by molar-refractivity contribution is 5.29. The van der Waals surface area contributed by atoms with E-state index in [0.717, 1.165) is 37.9 Å². The van der Waals surface area contributed by atoms with Crippen molar-refractivity contribution in [3.8, 4) is 0 Å². The lowest BCUT2D eigenvalue weighted by Crippen LogP contribution is -2.42. The SMILES string of the molecule is C/C=C\C(=C/CC)C1(O)CCNCC1. The second kappa shape index (κ2) is 5.32. The highest BCUT2D eigenvalue weighted by Crippen LogP contribution is 2.28. The molecule has 1 aliphatic heterocycles. The fourth-order valence-electron chi connectivity index (χ4n) is 1.94. The summed E-state index contributed by atoms with van der Waals surface area (Å²) in [4.78, 5) is 0. The first-order valence-electron chi connectivity index (χ1n) is 5.49. The van der Waals surface area contributed by atoms with E-state index in [9.17, 15) is 5.11 Å². The molecule has 0 aromatic carbocycles. The van der Waals surface area contributed by atoms with Gasteiger partial charge in [0.1, 0.15) is 0 Å². The summed E-state index contributed by atoms with van der Waals surface area (Å²) in [6.07, 6.45) is 8.80. The van der Waals surface area contributed by atoms with Crippen LogP contribution in [0.2, 0.25) is 0 Å². The third-order valence-electron chi connectivity index (χ3n) is 2.74. The van der Waals surface area contributed by atoms with Crippen molar-refractivity contribution in [2.24, 2.45) is 0 Å². The van der Waals surface area contributed by atoms with Crippen LogP contribution in [0.4, 0.5) is 0 Å². The molecular formula is C12H21NO. The minimum atomic E-state index is -0.590. The van der Waals surface area contributed by atoms with E-state index in [4.69, 9.17) is 0 Å². The Morgan fingerprint density at radius 1 is 1.43 bits per heavy atom. The zero-order valence-electron chi connectivity index (χ0n) is 9.21. The molecule has 1 rings (SSSR count). The molecule has 0 amide bonds. The molecule has 0 saturated carbocycles. The zero-order chi connectivity index (χ0) is 10.4. The third kappa shape index (κ3) is 2.69. The van der Waals surface area contributed by atoms with Gasteiger partial charge in [0.25, 0.3) is 0 Å². The summed E-state index contributed by atoms with van der Waals surface area (Å²) in [5.74, 6) is 0. The van der Waals surface area contributed by atoms with E-state index < -0.39 is 5.60 Å². The summed E-state index contributed by atoms with van der Waals surface area (Å²) in [6.45, 7) is 5.92. The standard InChI is InChI=1S/C12H21NO/c1-3-5-11(6-4-2)12(14)7-9-13-10-8-12/h3,5-6,13-14H,4,7-10H2,1-2H3/b5-3-,11-6+. The maximum atomic E-state index is 10.4. The van der Waals surface area contributed by atoms with Crippen LogP contribution >= 0.6 is 0 Å². The summed E-state index contributed by atoms with van der Waals surface area (Å²) in [5, 5.41) is 13.7. The summed E-state index contributed by atoms with van der Waals surface area (Å²) < 4.78 is 0. The lowest BCUT2D eigenvalue weighted by Gasteiger charge is -2.34. The Labute approximate surface area is 86.7 Å². The maximum absolute atomic E-state index is 10.4. The minimum Gasteiger partial charge on any atom is -0.385 e. The van der Waals surface area contributed by atoms with Gasteiger partial charge in [0.2, 0.25) is 0 Å². The van der Waals surface area contributed by atoms with Gasteiger partial charge < -0.3 is 10.4 Å². The van der Waals surface area contributed by atoms with Crippen molar-refractivity contribution in [3.63, 3.8) is 0 Å².